The van der Waals surface area contributed by atoms with Crippen molar-refractivity contribution in [2.24, 2.45) is 0 Å². The molecule has 0 saturated heterocycles. The monoisotopic (exact) mass is 510 g/mol. The molecule has 8 heteroatoms. The molecule has 6 nitrogen and oxygen atoms in total. The summed E-state index contributed by atoms with van der Waals surface area (Å²) >= 11 is 0. The van der Waals surface area contributed by atoms with Crippen LogP contribution in [0, 0.1) is 0 Å². The van der Waals surface area contributed by atoms with Crippen molar-refractivity contribution in [2.45, 2.75) is 92.1 Å². The summed E-state index contributed by atoms with van der Waals surface area (Å²) in [4.78, 5) is 0. The first kappa shape index (κ1) is 29.0. The Morgan fingerprint density at radius 1 is 0.500 bits per heavy atom. The van der Waals surface area contributed by atoms with Gasteiger partial charge in [0.05, 0.1) is 36.7 Å². The standard InChI is InChI=1S/C26H40O6P2/c1-19(2)29-33(27,30-20(3)4)17-23-9-13-25(14-10-23)26-15-11-24(12-16-26)18-34(28,31-21(5)6)32-22(7)8/h9-16,19-22H,17-18H2,1-8H3. The number of hydrogen-bond acceptors (Lipinski definition) is 6. The zero-order chi connectivity index (χ0) is 25.5. The van der Waals surface area contributed by atoms with Crippen molar-refractivity contribution in [1.82, 2.24) is 0 Å². The molecule has 0 aliphatic heterocycles. The Kier molecular flexibility index (Phi) is 10.8. The fourth-order valence-corrected chi connectivity index (χ4v) is 7.82. The maximum atomic E-state index is 13.2. The fourth-order valence-electron chi connectivity index (χ4n) is 3.54. The number of rotatable bonds is 13. The van der Waals surface area contributed by atoms with Gasteiger partial charge in [0.2, 0.25) is 0 Å². The van der Waals surface area contributed by atoms with E-state index in [1.807, 2.05) is 104 Å². The SMILES string of the molecule is CC(C)OP(=O)(Cc1ccc(-c2ccc(CP(=O)(OC(C)C)OC(C)C)cc2)cc1)OC(C)C. The molecule has 0 fully saturated rings. The zero-order valence-electron chi connectivity index (χ0n) is 21.7. The van der Waals surface area contributed by atoms with Gasteiger partial charge in [0.1, 0.15) is 0 Å². The van der Waals surface area contributed by atoms with E-state index in [0.717, 1.165) is 22.3 Å². The van der Waals surface area contributed by atoms with Crippen LogP contribution in [-0.4, -0.2) is 24.4 Å². The van der Waals surface area contributed by atoms with Crippen molar-refractivity contribution >= 4 is 15.2 Å². The maximum absolute atomic E-state index is 13.2. The van der Waals surface area contributed by atoms with Gasteiger partial charge < -0.3 is 18.1 Å². The van der Waals surface area contributed by atoms with Gasteiger partial charge in [-0.1, -0.05) is 48.5 Å². The predicted molar refractivity (Wildman–Crippen MR) is 139 cm³/mol. The Bertz CT molecular complexity index is 872. The molecule has 0 spiro atoms. The molecule has 2 aromatic carbocycles. The van der Waals surface area contributed by atoms with Crippen LogP contribution >= 0.6 is 15.2 Å². The summed E-state index contributed by atoms with van der Waals surface area (Å²) in [5, 5.41) is 0. The topological polar surface area (TPSA) is 71.1 Å². The van der Waals surface area contributed by atoms with Gasteiger partial charge in [-0.05, 0) is 77.6 Å². The molecule has 0 unspecified atom stereocenters. The zero-order valence-corrected chi connectivity index (χ0v) is 23.5. The van der Waals surface area contributed by atoms with Crippen LogP contribution < -0.4 is 0 Å². The largest absolute Gasteiger partial charge is 0.335 e. The third kappa shape index (κ3) is 9.77. The second-order valence-corrected chi connectivity index (χ2v) is 13.5. The molecule has 0 aliphatic carbocycles. The molecule has 2 rings (SSSR count). The van der Waals surface area contributed by atoms with Gasteiger partial charge in [-0.15, -0.1) is 0 Å². The van der Waals surface area contributed by atoms with Crippen molar-refractivity contribution in [1.29, 1.82) is 0 Å². The summed E-state index contributed by atoms with van der Waals surface area (Å²) in [5.74, 6) is 0. The molecular formula is C26H40O6P2. The minimum atomic E-state index is -3.24. The Hall–Kier alpha value is -1.26. The molecule has 34 heavy (non-hydrogen) atoms. The Morgan fingerprint density at radius 2 is 0.735 bits per heavy atom. The summed E-state index contributed by atoms with van der Waals surface area (Å²) in [6.45, 7) is 14.8. The molecule has 0 heterocycles. The first-order chi connectivity index (χ1) is 15.8. The third-order valence-electron chi connectivity index (χ3n) is 4.48. The van der Waals surface area contributed by atoms with Gasteiger partial charge >= 0.3 is 15.2 Å². The van der Waals surface area contributed by atoms with E-state index in [-0.39, 0.29) is 36.7 Å². The van der Waals surface area contributed by atoms with Crippen LogP contribution in [0.5, 0.6) is 0 Å². The minimum absolute atomic E-state index is 0.186. The summed E-state index contributed by atoms with van der Waals surface area (Å²) in [5.41, 5.74) is 3.84. The van der Waals surface area contributed by atoms with E-state index < -0.39 is 15.2 Å². The lowest BCUT2D eigenvalue weighted by Crippen LogP contribution is -2.09. The predicted octanol–water partition coefficient (Wildman–Crippen LogP) is 8.44. The van der Waals surface area contributed by atoms with Crippen molar-refractivity contribution in [2.75, 3.05) is 0 Å². The molecule has 0 radical (unpaired) electrons. The van der Waals surface area contributed by atoms with Crippen LogP contribution in [0.25, 0.3) is 11.1 Å². The lowest BCUT2D eigenvalue weighted by Gasteiger charge is -2.23. The molecule has 0 aliphatic rings. The Morgan fingerprint density at radius 3 is 0.941 bits per heavy atom. The summed E-state index contributed by atoms with van der Waals surface area (Å²) in [7, 11) is -6.48. The van der Waals surface area contributed by atoms with Crippen molar-refractivity contribution in [3.63, 3.8) is 0 Å². The van der Waals surface area contributed by atoms with E-state index in [0.29, 0.717) is 0 Å². The van der Waals surface area contributed by atoms with Gasteiger partial charge in [-0.3, -0.25) is 9.13 Å². The molecule has 0 amide bonds. The molecule has 0 bridgehead atoms. The maximum Gasteiger partial charge on any atom is 0.335 e. The summed E-state index contributed by atoms with van der Waals surface area (Å²) in [6, 6.07) is 15.8. The van der Waals surface area contributed by atoms with Gasteiger partial charge in [0, 0.05) is 0 Å². The Labute approximate surface area is 205 Å². The number of hydrogen-bond donors (Lipinski definition) is 0. The number of benzene rings is 2. The second kappa shape index (κ2) is 12.6. The first-order valence-corrected chi connectivity index (χ1v) is 15.3. The van der Waals surface area contributed by atoms with E-state index in [2.05, 4.69) is 0 Å². The van der Waals surface area contributed by atoms with E-state index in [1.54, 1.807) is 0 Å². The average Bonchev–Trinajstić information content (AvgIpc) is 2.66. The summed E-state index contributed by atoms with van der Waals surface area (Å²) in [6.07, 6.45) is -0.291. The van der Waals surface area contributed by atoms with Crippen LogP contribution in [0.3, 0.4) is 0 Å². The quantitative estimate of drug-likeness (QED) is 0.252. The van der Waals surface area contributed by atoms with Crippen LogP contribution in [0.2, 0.25) is 0 Å². The highest BCUT2D eigenvalue weighted by Crippen LogP contribution is 2.54. The van der Waals surface area contributed by atoms with Gasteiger partial charge in [0.15, 0.2) is 0 Å². The lowest BCUT2D eigenvalue weighted by molar-refractivity contribution is 0.140. The first-order valence-electron chi connectivity index (χ1n) is 11.9. The highest BCUT2D eigenvalue weighted by atomic mass is 31.2. The smallest absolute Gasteiger partial charge is 0.306 e. The van der Waals surface area contributed by atoms with Gasteiger partial charge in [-0.25, -0.2) is 0 Å². The van der Waals surface area contributed by atoms with E-state index in [4.69, 9.17) is 18.1 Å². The van der Waals surface area contributed by atoms with E-state index >= 15 is 0 Å². The van der Waals surface area contributed by atoms with E-state index in [9.17, 15) is 9.13 Å². The molecule has 0 aromatic heterocycles. The molecule has 2 aromatic rings. The molecule has 0 N–H and O–H groups in total. The average molecular weight is 511 g/mol. The van der Waals surface area contributed by atoms with Crippen molar-refractivity contribution < 1.29 is 27.2 Å². The fraction of sp³-hybridized carbons (Fsp3) is 0.538. The van der Waals surface area contributed by atoms with Crippen molar-refractivity contribution in [3.05, 3.63) is 59.7 Å². The second-order valence-electron chi connectivity index (χ2n) is 9.55. The van der Waals surface area contributed by atoms with Crippen LogP contribution in [0.15, 0.2) is 48.5 Å². The molecule has 0 atom stereocenters. The summed E-state index contributed by atoms with van der Waals surface area (Å²) < 4.78 is 48.9. The molecule has 190 valence electrons. The van der Waals surface area contributed by atoms with Crippen molar-refractivity contribution in [3.8, 4) is 11.1 Å². The highest BCUT2D eigenvalue weighted by molar-refractivity contribution is 7.53. The van der Waals surface area contributed by atoms with Gasteiger partial charge in [0.25, 0.3) is 0 Å². The van der Waals surface area contributed by atoms with Crippen LogP contribution in [0.4, 0.5) is 0 Å². The van der Waals surface area contributed by atoms with E-state index in [1.165, 1.54) is 0 Å². The lowest BCUT2D eigenvalue weighted by atomic mass is 10.0. The minimum Gasteiger partial charge on any atom is -0.306 e. The third-order valence-corrected chi connectivity index (χ3v) is 8.96. The van der Waals surface area contributed by atoms with Gasteiger partial charge in [-0.2, -0.15) is 0 Å². The van der Waals surface area contributed by atoms with Crippen LogP contribution in [0.1, 0.15) is 66.5 Å². The molecular weight excluding hydrogens is 470 g/mol. The van der Waals surface area contributed by atoms with Crippen LogP contribution in [-0.2, 0) is 39.5 Å². The highest BCUT2D eigenvalue weighted by Gasteiger charge is 2.29. The molecule has 0 saturated carbocycles. The normalized spacial score (nSPS) is 12.9. The Balaban J connectivity index is 2.14.